The zero-order valence-corrected chi connectivity index (χ0v) is 15.9. The molecule has 2 amide bonds. The number of rotatable bonds is 5. The highest BCUT2D eigenvalue weighted by Gasteiger charge is 2.42. The molecule has 7 heteroatoms. The molecule has 0 bridgehead atoms. The lowest BCUT2D eigenvalue weighted by Gasteiger charge is -2.21. The van der Waals surface area contributed by atoms with Gasteiger partial charge in [0.25, 0.3) is 5.91 Å². The normalized spacial score (nSPS) is 18.6. The quantitative estimate of drug-likeness (QED) is 0.642. The molecule has 2 aliphatic heterocycles. The van der Waals surface area contributed by atoms with Crippen molar-refractivity contribution in [1.82, 2.24) is 4.98 Å². The molecule has 29 heavy (non-hydrogen) atoms. The standard InChI is InChI=1S/C22H21N3O4/c26-21-12-18(23-8-7-14-13-24-17-4-2-1-3-16(14)17)22(27)25(21)15-5-6-19-20(11-15)29-10-9-28-19/h1-6,11,13,18,23-24H,7-10,12H2/p+1/t18-/m1/s1. The number of benzene rings is 2. The van der Waals surface area contributed by atoms with E-state index in [4.69, 9.17) is 9.47 Å². The first kappa shape index (κ1) is 17.8. The van der Waals surface area contributed by atoms with Gasteiger partial charge in [-0.3, -0.25) is 9.59 Å². The smallest absolute Gasteiger partial charge is 0.292 e. The first-order chi connectivity index (χ1) is 14.2. The molecule has 148 valence electrons. The zero-order chi connectivity index (χ0) is 19.8. The number of aromatic nitrogens is 1. The number of nitrogens with one attached hydrogen (secondary N) is 1. The fourth-order valence-electron chi connectivity index (χ4n) is 4.06. The lowest BCUT2D eigenvalue weighted by molar-refractivity contribution is -0.674. The molecule has 7 nitrogen and oxygen atoms in total. The van der Waals surface area contributed by atoms with Gasteiger partial charge in [-0.1, -0.05) is 18.2 Å². The molecule has 0 aliphatic carbocycles. The van der Waals surface area contributed by atoms with Crippen molar-refractivity contribution < 1.29 is 24.4 Å². The molecule has 1 fully saturated rings. The summed E-state index contributed by atoms with van der Waals surface area (Å²) in [5, 5.41) is 3.17. The topological polar surface area (TPSA) is 88.2 Å². The molecular weight excluding hydrogens is 370 g/mol. The summed E-state index contributed by atoms with van der Waals surface area (Å²) < 4.78 is 11.1. The minimum absolute atomic E-state index is 0.175. The average molecular weight is 392 g/mol. The molecule has 1 atom stereocenters. The molecule has 1 aromatic heterocycles. The maximum atomic E-state index is 12.9. The molecule has 1 saturated heterocycles. The van der Waals surface area contributed by atoms with Gasteiger partial charge >= 0.3 is 0 Å². The Balaban J connectivity index is 1.26. The zero-order valence-electron chi connectivity index (χ0n) is 15.9. The first-order valence-electron chi connectivity index (χ1n) is 9.85. The van der Waals surface area contributed by atoms with Crippen molar-refractivity contribution >= 4 is 28.4 Å². The molecule has 3 heterocycles. The number of ether oxygens (including phenoxy) is 2. The van der Waals surface area contributed by atoms with E-state index in [1.807, 2.05) is 29.7 Å². The van der Waals surface area contributed by atoms with Crippen molar-refractivity contribution in [3.8, 4) is 11.5 Å². The largest absolute Gasteiger partial charge is 0.486 e. The molecule has 0 unspecified atom stereocenters. The molecule has 2 aromatic carbocycles. The van der Waals surface area contributed by atoms with E-state index in [0.29, 0.717) is 30.4 Å². The summed E-state index contributed by atoms with van der Waals surface area (Å²) in [5.41, 5.74) is 2.87. The van der Waals surface area contributed by atoms with Crippen molar-refractivity contribution in [2.45, 2.75) is 18.9 Å². The van der Waals surface area contributed by atoms with Gasteiger partial charge in [0.2, 0.25) is 5.91 Å². The number of para-hydroxylation sites is 1. The molecule has 0 radical (unpaired) electrons. The second-order valence-electron chi connectivity index (χ2n) is 7.34. The highest BCUT2D eigenvalue weighted by molar-refractivity contribution is 6.21. The number of fused-ring (bicyclic) bond motifs is 2. The van der Waals surface area contributed by atoms with Gasteiger partial charge in [-0.15, -0.1) is 0 Å². The Morgan fingerprint density at radius 2 is 1.90 bits per heavy atom. The van der Waals surface area contributed by atoms with Crippen molar-refractivity contribution in [3.63, 3.8) is 0 Å². The number of aromatic amines is 1. The number of nitrogens with zero attached hydrogens (tertiary/aromatic N) is 1. The van der Waals surface area contributed by atoms with Crippen molar-refractivity contribution in [2.75, 3.05) is 24.7 Å². The van der Waals surface area contributed by atoms with E-state index in [2.05, 4.69) is 11.1 Å². The molecule has 3 N–H and O–H groups in total. The summed E-state index contributed by atoms with van der Waals surface area (Å²) in [7, 11) is 0. The van der Waals surface area contributed by atoms with Crippen LogP contribution in [-0.4, -0.2) is 42.6 Å². The monoisotopic (exact) mass is 392 g/mol. The number of imide groups is 1. The van der Waals surface area contributed by atoms with Crippen LogP contribution in [0.15, 0.2) is 48.7 Å². The summed E-state index contributed by atoms with van der Waals surface area (Å²) in [6.07, 6.45) is 3.05. The number of carbonyl (C=O) groups is 2. The number of anilines is 1. The Kier molecular flexibility index (Phi) is 4.44. The Hall–Kier alpha value is -3.32. The summed E-state index contributed by atoms with van der Waals surface area (Å²) >= 11 is 0. The number of amides is 2. The van der Waals surface area contributed by atoms with Gasteiger partial charge in [0.05, 0.1) is 18.7 Å². The van der Waals surface area contributed by atoms with Crippen molar-refractivity contribution in [3.05, 3.63) is 54.2 Å². The summed E-state index contributed by atoms with van der Waals surface area (Å²) in [4.78, 5) is 30.0. The molecule has 0 saturated carbocycles. The molecule has 2 aliphatic rings. The lowest BCUT2D eigenvalue weighted by Crippen LogP contribution is -2.92. The maximum Gasteiger partial charge on any atom is 0.292 e. The van der Waals surface area contributed by atoms with E-state index < -0.39 is 0 Å². The van der Waals surface area contributed by atoms with Crippen LogP contribution in [0.1, 0.15) is 12.0 Å². The number of hydrogen-bond acceptors (Lipinski definition) is 4. The third kappa shape index (κ3) is 3.23. The van der Waals surface area contributed by atoms with Gasteiger partial charge in [-0.05, 0) is 23.8 Å². The maximum absolute atomic E-state index is 12.9. The highest BCUT2D eigenvalue weighted by atomic mass is 16.6. The van der Waals surface area contributed by atoms with Crippen LogP contribution in [0.2, 0.25) is 0 Å². The first-order valence-corrected chi connectivity index (χ1v) is 9.85. The van der Waals surface area contributed by atoms with Gasteiger partial charge in [-0.2, -0.15) is 0 Å². The van der Waals surface area contributed by atoms with Crippen LogP contribution >= 0.6 is 0 Å². The van der Waals surface area contributed by atoms with Crippen LogP contribution < -0.4 is 19.7 Å². The fraction of sp³-hybridized carbons (Fsp3) is 0.273. The minimum atomic E-state index is -0.388. The Bertz CT molecular complexity index is 1090. The van der Waals surface area contributed by atoms with Gasteiger partial charge in [0.15, 0.2) is 17.5 Å². The van der Waals surface area contributed by atoms with Crippen molar-refractivity contribution in [2.24, 2.45) is 0 Å². The third-order valence-electron chi connectivity index (χ3n) is 5.51. The van der Waals surface area contributed by atoms with E-state index in [-0.39, 0.29) is 24.3 Å². The Morgan fingerprint density at radius 1 is 1.07 bits per heavy atom. The van der Waals surface area contributed by atoms with Crippen LogP contribution in [0.4, 0.5) is 5.69 Å². The molecular formula is C22H22N3O4+. The number of carbonyl (C=O) groups excluding carboxylic acids is 2. The van der Waals surface area contributed by atoms with Crippen molar-refractivity contribution in [1.29, 1.82) is 0 Å². The number of quaternary nitrogens is 1. The predicted octanol–water partition coefficient (Wildman–Crippen LogP) is 1.38. The fourth-order valence-corrected chi connectivity index (χ4v) is 4.06. The van der Waals surface area contributed by atoms with Crippen LogP contribution in [0, 0.1) is 0 Å². The highest BCUT2D eigenvalue weighted by Crippen LogP contribution is 2.35. The van der Waals surface area contributed by atoms with Crippen LogP contribution in [0.3, 0.4) is 0 Å². The van der Waals surface area contributed by atoms with E-state index in [0.717, 1.165) is 18.5 Å². The summed E-state index contributed by atoms with van der Waals surface area (Å²) in [6, 6.07) is 13.0. The number of nitrogens with two attached hydrogens (primary N) is 1. The Labute approximate surface area is 167 Å². The molecule has 5 rings (SSSR count). The number of hydrogen-bond donors (Lipinski definition) is 2. The second kappa shape index (κ2) is 7.25. The van der Waals surface area contributed by atoms with E-state index in [1.165, 1.54) is 15.8 Å². The summed E-state index contributed by atoms with van der Waals surface area (Å²) in [6.45, 7) is 1.70. The molecule has 0 spiro atoms. The van der Waals surface area contributed by atoms with Crippen LogP contribution in [0.25, 0.3) is 10.9 Å². The SMILES string of the molecule is O=C1C[C@@H]([NH2+]CCc2c[nH]c3ccccc23)C(=O)N1c1ccc2c(c1)OCCO2. The second-order valence-corrected chi connectivity index (χ2v) is 7.34. The van der Waals surface area contributed by atoms with Crippen LogP contribution in [0.5, 0.6) is 11.5 Å². The summed E-state index contributed by atoms with van der Waals surface area (Å²) in [5.74, 6) is 0.854. The van der Waals surface area contributed by atoms with Gasteiger partial charge < -0.3 is 19.8 Å². The Morgan fingerprint density at radius 3 is 2.79 bits per heavy atom. The van der Waals surface area contributed by atoms with E-state index >= 15 is 0 Å². The lowest BCUT2D eigenvalue weighted by atomic mass is 10.1. The van der Waals surface area contributed by atoms with Gasteiger partial charge in [-0.25, -0.2) is 4.90 Å². The van der Waals surface area contributed by atoms with E-state index in [1.54, 1.807) is 18.2 Å². The van der Waals surface area contributed by atoms with Gasteiger partial charge in [0, 0.05) is 29.6 Å². The van der Waals surface area contributed by atoms with E-state index in [9.17, 15) is 9.59 Å². The molecule has 3 aromatic rings. The van der Waals surface area contributed by atoms with Crippen LogP contribution in [-0.2, 0) is 16.0 Å². The number of H-pyrrole nitrogens is 1. The third-order valence-corrected chi connectivity index (χ3v) is 5.51. The predicted molar refractivity (Wildman–Crippen MR) is 107 cm³/mol. The minimum Gasteiger partial charge on any atom is -0.486 e. The van der Waals surface area contributed by atoms with Gasteiger partial charge in [0.1, 0.15) is 13.2 Å². The average Bonchev–Trinajstić information content (AvgIpc) is 3.28.